The van der Waals surface area contributed by atoms with Crippen molar-refractivity contribution in [2.45, 2.75) is 104 Å². The van der Waals surface area contributed by atoms with E-state index in [0.29, 0.717) is 16.9 Å². The zero-order valence-corrected chi connectivity index (χ0v) is 19.8. The first-order chi connectivity index (χ1) is 12.4. The second kappa shape index (κ2) is 7.50. The number of fused-ring (bicyclic) bond motifs is 5. The lowest BCUT2D eigenvalue weighted by atomic mass is 9.44. The van der Waals surface area contributed by atoms with Gasteiger partial charge in [0.2, 0.25) is 0 Å². The van der Waals surface area contributed by atoms with Crippen LogP contribution in [0.3, 0.4) is 0 Å². The van der Waals surface area contributed by atoms with Crippen molar-refractivity contribution in [3.05, 3.63) is 0 Å². The average molecular weight is 472 g/mol. The molecule has 0 aliphatic heterocycles. The zero-order valence-electron chi connectivity index (χ0n) is 17.6. The molecule has 4 fully saturated rings. The van der Waals surface area contributed by atoms with E-state index in [2.05, 4.69) is 50.7 Å². The van der Waals surface area contributed by atoms with Crippen LogP contribution in [0.25, 0.3) is 0 Å². The van der Waals surface area contributed by atoms with E-state index in [1.54, 1.807) is 0 Å². The fourth-order valence-electron chi connectivity index (χ4n) is 8.93. The second-order valence-electron chi connectivity index (χ2n) is 11.1. The SMILES string of the molecule is CCC[C@@H](C)[C@H]1CC[C@H]2[C@@H]3CCC4CC(OI)CC[C@]4(C)[C@H]3CC[C@]12C. The third kappa shape index (κ3) is 3.02. The van der Waals surface area contributed by atoms with E-state index >= 15 is 0 Å². The lowest BCUT2D eigenvalue weighted by Gasteiger charge is -2.61. The Kier molecular flexibility index (Phi) is 5.77. The van der Waals surface area contributed by atoms with E-state index in [4.69, 9.17) is 3.07 Å². The van der Waals surface area contributed by atoms with E-state index in [9.17, 15) is 0 Å². The maximum Gasteiger partial charge on any atom is 0.110 e. The molecule has 0 saturated heterocycles. The van der Waals surface area contributed by atoms with E-state index in [-0.39, 0.29) is 0 Å². The largest absolute Gasteiger partial charge is 0.312 e. The highest BCUT2D eigenvalue weighted by molar-refractivity contribution is 14.1. The van der Waals surface area contributed by atoms with Crippen LogP contribution in [-0.2, 0) is 3.07 Å². The smallest absolute Gasteiger partial charge is 0.110 e. The summed E-state index contributed by atoms with van der Waals surface area (Å²) in [5.74, 6) is 5.94. The maximum atomic E-state index is 5.74. The van der Waals surface area contributed by atoms with Gasteiger partial charge in [0.15, 0.2) is 0 Å². The minimum Gasteiger partial charge on any atom is -0.312 e. The first-order valence-electron chi connectivity index (χ1n) is 11.7. The van der Waals surface area contributed by atoms with Gasteiger partial charge in [0.25, 0.3) is 0 Å². The molecule has 26 heavy (non-hydrogen) atoms. The Morgan fingerprint density at radius 1 is 0.962 bits per heavy atom. The van der Waals surface area contributed by atoms with E-state index in [1.165, 1.54) is 70.6 Å². The lowest BCUT2D eigenvalue weighted by Crippen LogP contribution is -2.54. The molecule has 0 aromatic carbocycles. The Labute approximate surface area is 176 Å². The van der Waals surface area contributed by atoms with Crippen molar-refractivity contribution in [1.29, 1.82) is 0 Å². The summed E-state index contributed by atoms with van der Waals surface area (Å²) in [6.07, 6.45) is 16.5. The van der Waals surface area contributed by atoms with Crippen LogP contribution in [0.2, 0.25) is 0 Å². The molecule has 4 rings (SSSR count). The molecule has 0 radical (unpaired) electrons. The summed E-state index contributed by atoms with van der Waals surface area (Å²) in [7, 11) is 0. The normalized spacial score (nSPS) is 52.0. The van der Waals surface area contributed by atoms with Crippen LogP contribution < -0.4 is 0 Å². The number of rotatable bonds is 4. The minimum atomic E-state index is 0.532. The standard InChI is InChI=1S/C24H41IO/c1-5-6-16(2)20-9-10-21-19-8-7-17-15-18(26-25)11-13-23(17,3)22(19)12-14-24(20,21)4/h16-22H,5-15H2,1-4H3/t16-,17?,18?,19+,20-,21+,22+,23+,24-/m1/s1. The van der Waals surface area contributed by atoms with Gasteiger partial charge in [0.05, 0.1) is 6.10 Å². The second-order valence-corrected chi connectivity index (χ2v) is 11.6. The number of hydrogen-bond acceptors (Lipinski definition) is 1. The molecule has 0 aromatic heterocycles. The quantitative estimate of drug-likeness (QED) is 0.379. The topological polar surface area (TPSA) is 9.23 Å². The third-order valence-corrected chi connectivity index (χ3v) is 11.0. The summed E-state index contributed by atoms with van der Waals surface area (Å²) in [6, 6.07) is 0. The van der Waals surface area contributed by atoms with Crippen LogP contribution in [0.4, 0.5) is 0 Å². The van der Waals surface area contributed by atoms with Crippen LogP contribution >= 0.6 is 23.0 Å². The fraction of sp³-hybridized carbons (Fsp3) is 1.00. The highest BCUT2D eigenvalue weighted by Gasteiger charge is 2.60. The van der Waals surface area contributed by atoms with Crippen molar-refractivity contribution in [3.8, 4) is 0 Å². The van der Waals surface area contributed by atoms with Crippen molar-refractivity contribution in [2.24, 2.45) is 46.3 Å². The molecule has 0 spiro atoms. The lowest BCUT2D eigenvalue weighted by molar-refractivity contribution is -0.124. The Morgan fingerprint density at radius 2 is 1.69 bits per heavy atom. The van der Waals surface area contributed by atoms with Crippen molar-refractivity contribution >= 4 is 23.0 Å². The highest BCUT2D eigenvalue weighted by Crippen LogP contribution is 2.68. The first-order valence-corrected chi connectivity index (χ1v) is 12.6. The van der Waals surface area contributed by atoms with Gasteiger partial charge in [-0.1, -0.05) is 40.5 Å². The third-order valence-electron chi connectivity index (χ3n) is 10.2. The summed E-state index contributed by atoms with van der Waals surface area (Å²) in [5.41, 5.74) is 1.27. The Bertz CT molecular complexity index is 506. The van der Waals surface area contributed by atoms with Crippen molar-refractivity contribution in [1.82, 2.24) is 0 Å². The van der Waals surface area contributed by atoms with Crippen LogP contribution in [0, 0.1) is 46.3 Å². The molecule has 4 aliphatic carbocycles. The summed E-state index contributed by atoms with van der Waals surface area (Å²) in [5, 5.41) is 0. The predicted molar refractivity (Wildman–Crippen MR) is 118 cm³/mol. The average Bonchev–Trinajstić information content (AvgIpc) is 2.98. The molecule has 0 amide bonds. The van der Waals surface area contributed by atoms with Gasteiger partial charge in [-0.15, -0.1) is 0 Å². The van der Waals surface area contributed by atoms with Gasteiger partial charge in [-0.05, 0) is 104 Å². The van der Waals surface area contributed by atoms with Crippen molar-refractivity contribution in [3.63, 3.8) is 0 Å². The molecule has 1 nitrogen and oxygen atoms in total. The van der Waals surface area contributed by atoms with Crippen molar-refractivity contribution in [2.75, 3.05) is 0 Å². The summed E-state index contributed by atoms with van der Waals surface area (Å²) >= 11 is 2.15. The molecule has 0 N–H and O–H groups in total. The minimum absolute atomic E-state index is 0.532. The van der Waals surface area contributed by atoms with Gasteiger partial charge in [-0.2, -0.15) is 0 Å². The van der Waals surface area contributed by atoms with Crippen LogP contribution in [0.5, 0.6) is 0 Å². The van der Waals surface area contributed by atoms with E-state index in [0.717, 1.165) is 35.5 Å². The maximum absolute atomic E-state index is 5.74. The molecular formula is C24H41IO. The highest BCUT2D eigenvalue weighted by atomic mass is 127. The van der Waals surface area contributed by atoms with Crippen LogP contribution in [-0.4, -0.2) is 6.10 Å². The predicted octanol–water partition coefficient (Wildman–Crippen LogP) is 7.82. The van der Waals surface area contributed by atoms with E-state index < -0.39 is 0 Å². The molecular weight excluding hydrogens is 431 g/mol. The van der Waals surface area contributed by atoms with Crippen molar-refractivity contribution < 1.29 is 3.07 Å². The van der Waals surface area contributed by atoms with Gasteiger partial charge in [-0.3, -0.25) is 0 Å². The Morgan fingerprint density at radius 3 is 2.42 bits per heavy atom. The molecule has 0 heterocycles. The van der Waals surface area contributed by atoms with Crippen LogP contribution in [0.15, 0.2) is 0 Å². The fourth-order valence-corrected chi connectivity index (χ4v) is 9.39. The Hall–Kier alpha value is 0.690. The van der Waals surface area contributed by atoms with Gasteiger partial charge in [-0.25, -0.2) is 0 Å². The molecule has 0 bridgehead atoms. The molecule has 150 valence electrons. The van der Waals surface area contributed by atoms with Gasteiger partial charge in [0, 0.05) is 0 Å². The van der Waals surface area contributed by atoms with Crippen LogP contribution in [0.1, 0.15) is 98.3 Å². The summed E-state index contributed by atoms with van der Waals surface area (Å²) < 4.78 is 5.74. The van der Waals surface area contributed by atoms with Gasteiger partial charge < -0.3 is 3.07 Å². The molecule has 2 unspecified atom stereocenters. The zero-order chi connectivity index (χ0) is 18.5. The molecule has 4 saturated carbocycles. The molecule has 2 heteroatoms. The number of halogens is 1. The van der Waals surface area contributed by atoms with Gasteiger partial charge >= 0.3 is 0 Å². The first kappa shape index (κ1) is 20.0. The summed E-state index contributed by atoms with van der Waals surface area (Å²) in [4.78, 5) is 0. The molecule has 4 aliphatic rings. The summed E-state index contributed by atoms with van der Waals surface area (Å²) in [6.45, 7) is 10.3. The molecule has 9 atom stereocenters. The Balaban J connectivity index is 1.54. The monoisotopic (exact) mass is 472 g/mol. The van der Waals surface area contributed by atoms with E-state index in [1.807, 2.05) is 0 Å². The molecule has 0 aromatic rings. The van der Waals surface area contributed by atoms with Gasteiger partial charge in [0.1, 0.15) is 23.0 Å². The number of hydrogen-bond donors (Lipinski definition) is 0.